The van der Waals surface area contributed by atoms with Crippen LogP contribution in [0.25, 0.3) is 0 Å². The first-order valence-electron chi connectivity index (χ1n) is 5.39. The molecule has 9 heteroatoms. The van der Waals surface area contributed by atoms with Crippen LogP contribution in [-0.4, -0.2) is 38.0 Å². The highest BCUT2D eigenvalue weighted by atomic mass is 16.4. The Morgan fingerprint density at radius 1 is 1.37 bits per heavy atom. The molecule has 0 spiro atoms. The Labute approximate surface area is 108 Å². The van der Waals surface area contributed by atoms with Crippen molar-refractivity contribution in [2.24, 2.45) is 5.73 Å². The molecule has 0 atom stereocenters. The number of nitrogens with two attached hydrogens (primary N) is 1. The minimum Gasteiger partial charge on any atom is -0.476 e. The number of rotatable bonds is 3. The standard InChI is InChI=1S/C10H15N5O4/c1-10(2,3)7-6(8(17)18)13-14-15(7)4-5(16)12-9(11)19/h4H2,1-3H3,(H,17,18)(H3,11,12,16,19). The van der Waals surface area contributed by atoms with Crippen LogP contribution in [0.15, 0.2) is 0 Å². The second-order valence-electron chi connectivity index (χ2n) is 4.91. The van der Waals surface area contributed by atoms with Crippen molar-refractivity contribution in [1.82, 2.24) is 20.3 Å². The molecule has 0 fully saturated rings. The predicted octanol–water partition coefficient (Wildman–Crippen LogP) is -0.531. The van der Waals surface area contributed by atoms with Crippen LogP contribution in [0.1, 0.15) is 37.0 Å². The summed E-state index contributed by atoms with van der Waals surface area (Å²) in [6.07, 6.45) is 0. The first-order chi connectivity index (χ1) is 8.62. The number of aromatic carboxylic acids is 1. The van der Waals surface area contributed by atoms with Gasteiger partial charge < -0.3 is 10.8 Å². The lowest BCUT2D eigenvalue weighted by atomic mass is 9.90. The molecular formula is C10H15N5O4. The maximum Gasteiger partial charge on any atom is 0.358 e. The molecule has 9 nitrogen and oxygen atoms in total. The predicted molar refractivity (Wildman–Crippen MR) is 63.4 cm³/mol. The van der Waals surface area contributed by atoms with E-state index in [4.69, 9.17) is 10.8 Å². The van der Waals surface area contributed by atoms with E-state index in [0.717, 1.165) is 4.68 Å². The largest absolute Gasteiger partial charge is 0.476 e. The number of nitrogens with one attached hydrogen (secondary N) is 1. The summed E-state index contributed by atoms with van der Waals surface area (Å²) < 4.78 is 1.14. The molecule has 0 aromatic carbocycles. The van der Waals surface area contributed by atoms with Crippen LogP contribution in [0, 0.1) is 0 Å². The van der Waals surface area contributed by atoms with Gasteiger partial charge in [0.25, 0.3) is 0 Å². The van der Waals surface area contributed by atoms with Crippen molar-refractivity contribution in [2.45, 2.75) is 32.7 Å². The minimum absolute atomic E-state index is 0.223. The lowest BCUT2D eigenvalue weighted by Gasteiger charge is -2.19. The third kappa shape index (κ3) is 3.50. The third-order valence-corrected chi connectivity index (χ3v) is 2.20. The number of carbonyl (C=O) groups is 3. The normalized spacial score (nSPS) is 11.1. The maximum atomic E-state index is 11.4. The average molecular weight is 269 g/mol. The van der Waals surface area contributed by atoms with Gasteiger partial charge >= 0.3 is 12.0 Å². The molecule has 3 amide bonds. The fourth-order valence-corrected chi connectivity index (χ4v) is 1.62. The molecule has 0 bridgehead atoms. The summed E-state index contributed by atoms with van der Waals surface area (Å²) in [6, 6.07) is -0.985. The van der Waals surface area contributed by atoms with E-state index >= 15 is 0 Å². The second-order valence-corrected chi connectivity index (χ2v) is 4.91. The van der Waals surface area contributed by atoms with Gasteiger partial charge in [0.05, 0.1) is 5.69 Å². The van der Waals surface area contributed by atoms with Gasteiger partial charge in [0.15, 0.2) is 5.69 Å². The molecule has 0 saturated carbocycles. The number of carboxylic acids is 1. The van der Waals surface area contributed by atoms with E-state index < -0.39 is 23.3 Å². The molecule has 0 aliphatic carbocycles. The molecule has 1 heterocycles. The summed E-state index contributed by atoms with van der Waals surface area (Å²) in [5, 5.41) is 18.1. The summed E-state index contributed by atoms with van der Waals surface area (Å²) in [6.45, 7) is 4.96. The van der Waals surface area contributed by atoms with Gasteiger partial charge in [-0.3, -0.25) is 10.1 Å². The highest BCUT2D eigenvalue weighted by molar-refractivity contribution is 5.93. The van der Waals surface area contributed by atoms with Gasteiger partial charge in [-0.1, -0.05) is 26.0 Å². The number of urea groups is 1. The number of aromatic nitrogens is 3. The van der Waals surface area contributed by atoms with Crippen molar-refractivity contribution in [3.05, 3.63) is 11.4 Å². The zero-order valence-electron chi connectivity index (χ0n) is 10.8. The zero-order valence-corrected chi connectivity index (χ0v) is 10.8. The Hall–Kier alpha value is -2.45. The Kier molecular flexibility index (Phi) is 3.88. The molecule has 19 heavy (non-hydrogen) atoms. The first-order valence-corrected chi connectivity index (χ1v) is 5.39. The van der Waals surface area contributed by atoms with Gasteiger partial charge in [-0.15, -0.1) is 5.10 Å². The van der Waals surface area contributed by atoms with Gasteiger partial charge in [-0.2, -0.15) is 0 Å². The molecule has 0 radical (unpaired) electrons. The lowest BCUT2D eigenvalue weighted by molar-refractivity contribution is -0.120. The van der Waals surface area contributed by atoms with E-state index in [-0.39, 0.29) is 12.2 Å². The van der Waals surface area contributed by atoms with Crippen LogP contribution in [-0.2, 0) is 16.8 Å². The summed E-state index contributed by atoms with van der Waals surface area (Å²) in [5.41, 5.74) is 4.30. The van der Waals surface area contributed by atoms with Crippen LogP contribution >= 0.6 is 0 Å². The summed E-state index contributed by atoms with van der Waals surface area (Å²) in [5.74, 6) is -1.92. The van der Waals surface area contributed by atoms with Gasteiger partial charge in [0.1, 0.15) is 6.54 Å². The van der Waals surface area contributed by atoms with Gasteiger partial charge in [0, 0.05) is 5.41 Å². The average Bonchev–Trinajstić information content (AvgIpc) is 2.58. The summed E-state index contributed by atoms with van der Waals surface area (Å²) >= 11 is 0. The van der Waals surface area contributed by atoms with Crippen molar-refractivity contribution in [1.29, 1.82) is 0 Å². The number of hydrogen-bond acceptors (Lipinski definition) is 5. The molecular weight excluding hydrogens is 254 g/mol. The number of amides is 3. The van der Waals surface area contributed by atoms with E-state index in [0.29, 0.717) is 5.69 Å². The molecule has 0 unspecified atom stereocenters. The Morgan fingerprint density at radius 3 is 2.37 bits per heavy atom. The topological polar surface area (TPSA) is 140 Å². The number of nitrogens with zero attached hydrogens (tertiary/aromatic N) is 3. The van der Waals surface area contributed by atoms with Crippen LogP contribution in [0.5, 0.6) is 0 Å². The SMILES string of the molecule is CC(C)(C)c1c(C(=O)O)nnn1CC(=O)NC(N)=O. The fraction of sp³-hybridized carbons (Fsp3) is 0.500. The Bertz CT molecular complexity index is 529. The van der Waals surface area contributed by atoms with Crippen molar-refractivity contribution in [2.75, 3.05) is 0 Å². The molecule has 1 rings (SSSR count). The van der Waals surface area contributed by atoms with Crippen LogP contribution in [0.2, 0.25) is 0 Å². The number of hydrogen-bond donors (Lipinski definition) is 3. The number of imide groups is 1. The lowest BCUT2D eigenvalue weighted by Crippen LogP contribution is -2.38. The fourth-order valence-electron chi connectivity index (χ4n) is 1.62. The molecule has 0 aliphatic heterocycles. The molecule has 1 aromatic rings. The highest BCUT2D eigenvalue weighted by Crippen LogP contribution is 2.24. The summed E-state index contributed by atoms with van der Waals surface area (Å²) in [7, 11) is 0. The number of primary amides is 1. The van der Waals surface area contributed by atoms with Crippen molar-refractivity contribution >= 4 is 17.9 Å². The molecule has 104 valence electrons. The van der Waals surface area contributed by atoms with Gasteiger partial charge in [0.2, 0.25) is 5.91 Å². The van der Waals surface area contributed by atoms with Crippen LogP contribution < -0.4 is 11.1 Å². The quantitative estimate of drug-likeness (QED) is 0.673. The minimum atomic E-state index is -1.23. The van der Waals surface area contributed by atoms with Crippen LogP contribution in [0.3, 0.4) is 0 Å². The zero-order chi connectivity index (χ0) is 14.8. The van der Waals surface area contributed by atoms with Crippen LogP contribution in [0.4, 0.5) is 4.79 Å². The third-order valence-electron chi connectivity index (χ3n) is 2.20. The maximum absolute atomic E-state index is 11.4. The monoisotopic (exact) mass is 269 g/mol. The van der Waals surface area contributed by atoms with Crippen molar-refractivity contribution in [3.63, 3.8) is 0 Å². The van der Waals surface area contributed by atoms with E-state index in [1.807, 2.05) is 5.32 Å². The number of carboxylic acid groups (broad SMARTS) is 1. The smallest absolute Gasteiger partial charge is 0.358 e. The molecule has 4 N–H and O–H groups in total. The van der Waals surface area contributed by atoms with Gasteiger partial charge in [-0.05, 0) is 0 Å². The van der Waals surface area contributed by atoms with E-state index in [9.17, 15) is 14.4 Å². The van der Waals surface area contributed by atoms with Crippen molar-refractivity contribution < 1.29 is 19.5 Å². The van der Waals surface area contributed by atoms with E-state index in [2.05, 4.69) is 10.3 Å². The molecule has 0 saturated heterocycles. The Balaban J connectivity index is 3.12. The Morgan fingerprint density at radius 2 is 1.95 bits per heavy atom. The summed E-state index contributed by atoms with van der Waals surface area (Å²) in [4.78, 5) is 33.0. The number of carbonyl (C=O) groups excluding carboxylic acids is 2. The molecule has 1 aromatic heterocycles. The van der Waals surface area contributed by atoms with Gasteiger partial charge in [-0.25, -0.2) is 14.3 Å². The van der Waals surface area contributed by atoms with E-state index in [1.54, 1.807) is 20.8 Å². The van der Waals surface area contributed by atoms with Crippen molar-refractivity contribution in [3.8, 4) is 0 Å². The second kappa shape index (κ2) is 5.04. The molecule has 0 aliphatic rings. The van der Waals surface area contributed by atoms with E-state index in [1.165, 1.54) is 0 Å². The first kappa shape index (κ1) is 14.6. The highest BCUT2D eigenvalue weighted by Gasteiger charge is 2.29.